The number of benzene rings is 1. The number of fused-ring (bicyclic) bond motifs is 1. The zero-order chi connectivity index (χ0) is 19.2. The summed E-state index contributed by atoms with van der Waals surface area (Å²) in [5, 5.41) is 2.34. The molecule has 2 heterocycles. The van der Waals surface area contributed by atoms with Gasteiger partial charge in [0, 0.05) is 12.4 Å². The van der Waals surface area contributed by atoms with E-state index >= 15 is 0 Å². The SMILES string of the molecule is CC1(C(F)(F)F)NC=C2C=CC(c3ccc(OCC(F)(F)F)cc3)=CN21. The fraction of sp³-hybridized carbons (Fsp3) is 0.294. The molecule has 140 valence electrons. The molecule has 1 atom stereocenters. The Balaban J connectivity index is 1.81. The zero-order valence-electron chi connectivity index (χ0n) is 13.4. The molecule has 0 saturated carbocycles. The van der Waals surface area contributed by atoms with Gasteiger partial charge in [0.25, 0.3) is 0 Å². The summed E-state index contributed by atoms with van der Waals surface area (Å²) in [6.07, 6.45) is -3.16. The van der Waals surface area contributed by atoms with Crippen LogP contribution in [0.3, 0.4) is 0 Å². The molecule has 0 saturated heterocycles. The largest absolute Gasteiger partial charge is 0.484 e. The van der Waals surface area contributed by atoms with Gasteiger partial charge in [0.05, 0.1) is 5.70 Å². The number of rotatable bonds is 3. The molecule has 0 fully saturated rings. The maximum atomic E-state index is 13.4. The molecule has 0 bridgehead atoms. The lowest BCUT2D eigenvalue weighted by Gasteiger charge is -2.38. The van der Waals surface area contributed by atoms with Crippen molar-refractivity contribution in [1.82, 2.24) is 10.2 Å². The summed E-state index contributed by atoms with van der Waals surface area (Å²) < 4.78 is 81.2. The average Bonchev–Trinajstić information content (AvgIpc) is 2.91. The van der Waals surface area contributed by atoms with Crippen LogP contribution in [-0.4, -0.2) is 29.5 Å². The van der Waals surface area contributed by atoms with Crippen LogP contribution in [0.2, 0.25) is 0 Å². The number of hydrogen-bond acceptors (Lipinski definition) is 3. The fourth-order valence-electron chi connectivity index (χ4n) is 2.60. The second kappa shape index (κ2) is 6.00. The molecule has 3 nitrogen and oxygen atoms in total. The van der Waals surface area contributed by atoms with Crippen LogP contribution in [0.25, 0.3) is 5.57 Å². The molecule has 0 radical (unpaired) electrons. The molecule has 1 aromatic rings. The Morgan fingerprint density at radius 3 is 2.27 bits per heavy atom. The summed E-state index contributed by atoms with van der Waals surface area (Å²) >= 11 is 0. The zero-order valence-corrected chi connectivity index (χ0v) is 13.4. The van der Waals surface area contributed by atoms with Gasteiger partial charge in [-0.15, -0.1) is 0 Å². The lowest BCUT2D eigenvalue weighted by molar-refractivity contribution is -0.215. The van der Waals surface area contributed by atoms with E-state index in [0.29, 0.717) is 16.8 Å². The van der Waals surface area contributed by atoms with Crippen molar-refractivity contribution < 1.29 is 31.1 Å². The van der Waals surface area contributed by atoms with Crippen LogP contribution in [0.4, 0.5) is 26.3 Å². The first-order valence-electron chi connectivity index (χ1n) is 7.53. The second-order valence-corrected chi connectivity index (χ2v) is 6.00. The highest BCUT2D eigenvalue weighted by Gasteiger charge is 2.57. The first-order valence-corrected chi connectivity index (χ1v) is 7.53. The highest BCUT2D eigenvalue weighted by Crippen LogP contribution is 2.41. The van der Waals surface area contributed by atoms with Gasteiger partial charge in [-0.2, -0.15) is 26.3 Å². The first kappa shape index (κ1) is 18.2. The van der Waals surface area contributed by atoms with E-state index in [0.717, 1.165) is 11.8 Å². The van der Waals surface area contributed by atoms with Gasteiger partial charge in [-0.25, -0.2) is 0 Å². The summed E-state index contributed by atoms with van der Waals surface area (Å²) in [6, 6.07) is 5.66. The highest BCUT2D eigenvalue weighted by molar-refractivity contribution is 5.76. The highest BCUT2D eigenvalue weighted by atomic mass is 19.4. The molecule has 9 heteroatoms. The van der Waals surface area contributed by atoms with Crippen LogP contribution in [0.1, 0.15) is 12.5 Å². The minimum atomic E-state index is -4.52. The molecular weight excluding hydrogens is 362 g/mol. The van der Waals surface area contributed by atoms with Crippen molar-refractivity contribution in [2.24, 2.45) is 0 Å². The summed E-state index contributed by atoms with van der Waals surface area (Å²) in [7, 11) is 0. The molecule has 0 aliphatic carbocycles. The molecule has 2 aliphatic rings. The summed E-state index contributed by atoms with van der Waals surface area (Å²) in [5.41, 5.74) is -0.868. The van der Waals surface area contributed by atoms with E-state index in [2.05, 4.69) is 10.1 Å². The van der Waals surface area contributed by atoms with Crippen molar-refractivity contribution in [3.8, 4) is 5.75 Å². The normalized spacial score (nSPS) is 22.5. The van der Waals surface area contributed by atoms with Crippen LogP contribution >= 0.6 is 0 Å². The predicted octanol–water partition coefficient (Wildman–Crippen LogP) is 4.56. The fourth-order valence-corrected chi connectivity index (χ4v) is 2.60. The van der Waals surface area contributed by atoms with E-state index in [1.165, 1.54) is 42.7 Å². The van der Waals surface area contributed by atoms with Crippen molar-refractivity contribution in [2.45, 2.75) is 24.9 Å². The molecule has 2 aliphatic heterocycles. The van der Waals surface area contributed by atoms with Gasteiger partial charge < -0.3 is 15.0 Å². The van der Waals surface area contributed by atoms with Gasteiger partial charge in [-0.1, -0.05) is 18.2 Å². The topological polar surface area (TPSA) is 24.5 Å². The molecule has 1 unspecified atom stereocenters. The summed E-state index contributed by atoms with van der Waals surface area (Å²) in [6.45, 7) is -0.385. The number of nitrogens with one attached hydrogen (secondary N) is 1. The number of hydrogen-bond donors (Lipinski definition) is 1. The van der Waals surface area contributed by atoms with E-state index in [9.17, 15) is 26.3 Å². The van der Waals surface area contributed by atoms with Crippen LogP contribution in [0, 0.1) is 0 Å². The molecule has 26 heavy (non-hydrogen) atoms. The summed E-state index contributed by atoms with van der Waals surface area (Å²) in [5.74, 6) is 0.0232. The average molecular weight is 376 g/mol. The Morgan fingerprint density at radius 1 is 1.04 bits per heavy atom. The van der Waals surface area contributed by atoms with E-state index in [-0.39, 0.29) is 5.75 Å². The van der Waals surface area contributed by atoms with E-state index in [1.54, 1.807) is 6.08 Å². The minimum Gasteiger partial charge on any atom is -0.484 e. The van der Waals surface area contributed by atoms with Crippen molar-refractivity contribution in [3.63, 3.8) is 0 Å². The molecule has 0 aromatic heterocycles. The first-order chi connectivity index (χ1) is 12.0. The Labute approximate surface area is 145 Å². The second-order valence-electron chi connectivity index (χ2n) is 6.00. The third-order valence-electron chi connectivity index (χ3n) is 4.11. The molecule has 1 N–H and O–H groups in total. The molecule has 1 aromatic carbocycles. The van der Waals surface area contributed by atoms with Crippen LogP contribution < -0.4 is 10.1 Å². The van der Waals surface area contributed by atoms with Crippen LogP contribution in [0.5, 0.6) is 5.75 Å². The van der Waals surface area contributed by atoms with Crippen molar-refractivity contribution in [1.29, 1.82) is 0 Å². The van der Waals surface area contributed by atoms with Crippen LogP contribution in [0.15, 0.2) is 54.5 Å². The van der Waals surface area contributed by atoms with Crippen molar-refractivity contribution in [3.05, 3.63) is 60.1 Å². The minimum absolute atomic E-state index is 0.0232. The number of alkyl halides is 6. The van der Waals surface area contributed by atoms with Crippen molar-refractivity contribution in [2.75, 3.05) is 6.61 Å². The van der Waals surface area contributed by atoms with E-state index in [1.807, 2.05) is 0 Å². The molecular formula is C17H14F6N2O. The number of halogens is 6. The van der Waals surface area contributed by atoms with Gasteiger partial charge in [0.2, 0.25) is 5.66 Å². The lowest BCUT2D eigenvalue weighted by atomic mass is 10.0. The standard InChI is InChI=1S/C17H14F6N2O/c1-15(17(21,22)23)24-8-13-5-2-12(9-25(13)15)11-3-6-14(7-4-11)26-10-16(18,19)20/h2-9,24H,10H2,1H3. The maximum absolute atomic E-state index is 13.4. The quantitative estimate of drug-likeness (QED) is 0.783. The predicted molar refractivity (Wildman–Crippen MR) is 82.6 cm³/mol. The third kappa shape index (κ3) is 3.38. The smallest absolute Gasteiger partial charge is 0.430 e. The van der Waals surface area contributed by atoms with Gasteiger partial charge in [0.15, 0.2) is 6.61 Å². The number of allylic oxidation sites excluding steroid dienone is 3. The Morgan fingerprint density at radius 2 is 1.69 bits per heavy atom. The maximum Gasteiger partial charge on any atom is 0.430 e. The van der Waals surface area contributed by atoms with E-state index < -0.39 is 24.6 Å². The number of nitrogens with zero attached hydrogens (tertiary/aromatic N) is 1. The van der Waals surface area contributed by atoms with Gasteiger partial charge in [-0.3, -0.25) is 0 Å². The van der Waals surface area contributed by atoms with Gasteiger partial charge >= 0.3 is 12.4 Å². The number of ether oxygens (including phenoxy) is 1. The van der Waals surface area contributed by atoms with Crippen molar-refractivity contribution >= 4 is 5.57 Å². The van der Waals surface area contributed by atoms with Gasteiger partial charge in [-0.05, 0) is 36.3 Å². The molecule has 3 rings (SSSR count). The molecule has 0 spiro atoms. The Bertz CT molecular complexity index is 776. The lowest BCUT2D eigenvalue weighted by Crippen LogP contribution is -2.58. The summed E-state index contributed by atoms with van der Waals surface area (Å²) in [4.78, 5) is 1.08. The monoisotopic (exact) mass is 376 g/mol. The van der Waals surface area contributed by atoms with Gasteiger partial charge in [0.1, 0.15) is 5.75 Å². The third-order valence-corrected chi connectivity index (χ3v) is 4.11. The molecule has 0 amide bonds. The van der Waals surface area contributed by atoms with Crippen LogP contribution in [-0.2, 0) is 0 Å². The Hall–Kier alpha value is -2.58. The van der Waals surface area contributed by atoms with E-state index in [4.69, 9.17) is 0 Å². The Kier molecular flexibility index (Phi) is 4.20.